The average Bonchev–Trinajstić information content (AvgIpc) is 2.68. The van der Waals surface area contributed by atoms with Crippen LogP contribution >= 0.6 is 12.4 Å². The van der Waals surface area contributed by atoms with Crippen LogP contribution in [-0.2, 0) is 43.1 Å². The Balaban J connectivity index is -0.000000195. The molecule has 0 spiro atoms. The second-order valence-corrected chi connectivity index (χ2v) is 4.96. The maximum absolute atomic E-state index is 11.2. The zero-order valence-electron chi connectivity index (χ0n) is 18.3. The Labute approximate surface area is 183 Å². The van der Waals surface area contributed by atoms with Crippen molar-refractivity contribution in [1.29, 1.82) is 0 Å². The topological polar surface area (TPSA) is 161 Å². The molecule has 0 atom stereocenters. The second-order valence-electron chi connectivity index (χ2n) is 4.96. The Morgan fingerprint density at radius 3 is 1.53 bits per heavy atom. The van der Waals surface area contributed by atoms with Crippen LogP contribution in [0, 0.1) is 0 Å². The molecule has 0 heterocycles. The van der Waals surface area contributed by atoms with Gasteiger partial charge in [0.25, 0.3) is 0 Å². The number of carbonyl (C=O) groups excluding carboxylic acids is 5. The van der Waals surface area contributed by atoms with Crippen molar-refractivity contribution in [2.45, 2.75) is 53.4 Å². The van der Waals surface area contributed by atoms with E-state index in [4.69, 9.17) is 4.74 Å². The van der Waals surface area contributed by atoms with Gasteiger partial charge in [0.15, 0.2) is 5.71 Å². The lowest BCUT2D eigenvalue weighted by molar-refractivity contribution is -0.154. The van der Waals surface area contributed by atoms with E-state index in [0.717, 1.165) is 0 Å². The molecule has 0 aromatic carbocycles. The van der Waals surface area contributed by atoms with Crippen molar-refractivity contribution in [2.24, 2.45) is 11.1 Å². The van der Waals surface area contributed by atoms with E-state index in [9.17, 15) is 24.0 Å². The lowest BCUT2D eigenvalue weighted by atomic mass is 10.1. The molecule has 0 fully saturated rings. The van der Waals surface area contributed by atoms with Crippen LogP contribution in [0.25, 0.3) is 0 Å². The van der Waals surface area contributed by atoms with Crippen LogP contribution in [0.1, 0.15) is 53.4 Å². The predicted molar refractivity (Wildman–Crippen MR) is 111 cm³/mol. The summed E-state index contributed by atoms with van der Waals surface area (Å²) in [6.07, 6.45) is 0.256. The van der Waals surface area contributed by atoms with Crippen molar-refractivity contribution in [1.82, 2.24) is 0 Å². The number of ether oxygens (including phenoxy) is 2. The van der Waals surface area contributed by atoms with Crippen molar-refractivity contribution in [3.05, 3.63) is 0 Å². The Morgan fingerprint density at radius 2 is 1.17 bits per heavy atom. The van der Waals surface area contributed by atoms with E-state index in [1.165, 1.54) is 14.2 Å². The van der Waals surface area contributed by atoms with Gasteiger partial charge in [-0.05, 0) is 13.8 Å². The molecule has 2 N–H and O–H groups in total. The molecule has 0 saturated carbocycles. The number of nitrogens with zero attached hydrogens (tertiary/aromatic N) is 1. The molecule has 0 aliphatic carbocycles. The number of Topliss-reactive ketones (excluding diaryl/α,β-unsaturated/α-hetero) is 3. The highest BCUT2D eigenvalue weighted by Gasteiger charge is 2.17. The highest BCUT2D eigenvalue weighted by molar-refractivity contribution is 6.39. The Kier molecular flexibility index (Phi) is 28.9. The molecule has 0 saturated heterocycles. The maximum Gasteiger partial charge on any atom is 0.375 e. The van der Waals surface area contributed by atoms with Gasteiger partial charge in [0.2, 0.25) is 5.78 Å². The van der Waals surface area contributed by atoms with Gasteiger partial charge in [-0.1, -0.05) is 19.0 Å². The minimum atomic E-state index is -0.917. The third kappa shape index (κ3) is 21.9. The molecule has 11 nitrogen and oxygen atoms in total. The molecule has 0 aliphatic rings. The molecular weight excluding hydrogens is 424 g/mol. The molecule has 12 heteroatoms. The fourth-order valence-corrected chi connectivity index (χ4v) is 1.37. The van der Waals surface area contributed by atoms with Gasteiger partial charge in [0.05, 0.1) is 33.2 Å². The van der Waals surface area contributed by atoms with E-state index in [1.807, 2.05) is 0 Å². The molecule has 0 aromatic heterocycles. The summed E-state index contributed by atoms with van der Waals surface area (Å²) < 4.78 is 9.11. The fourth-order valence-electron chi connectivity index (χ4n) is 1.37. The Morgan fingerprint density at radius 1 is 0.767 bits per heavy atom. The SMILES string of the molecule is CCOC(=O)/C(CC(=O)CC)=N/OC.CCOC(=O)C(=O)CC(=O)CC.CON.Cl. The number of esters is 2. The predicted octanol–water partition coefficient (Wildman–Crippen LogP) is 1.34. The van der Waals surface area contributed by atoms with Gasteiger partial charge in [-0.15, -0.1) is 12.4 Å². The van der Waals surface area contributed by atoms with Gasteiger partial charge in [-0.3, -0.25) is 14.4 Å². The highest BCUT2D eigenvalue weighted by atomic mass is 35.5. The van der Waals surface area contributed by atoms with Gasteiger partial charge in [-0.2, -0.15) is 0 Å². The minimum Gasteiger partial charge on any atom is -0.461 e. The first kappa shape index (κ1) is 35.1. The third-order valence-electron chi connectivity index (χ3n) is 2.73. The Bertz CT molecular complexity index is 552. The van der Waals surface area contributed by atoms with Crippen LogP contribution in [-0.4, -0.2) is 62.4 Å². The summed E-state index contributed by atoms with van der Waals surface area (Å²) in [7, 11) is 2.72. The summed E-state index contributed by atoms with van der Waals surface area (Å²) in [6.45, 7) is 7.06. The number of oxime groups is 1. The number of nitrogens with two attached hydrogens (primary N) is 1. The van der Waals surface area contributed by atoms with Gasteiger partial charge >= 0.3 is 11.9 Å². The number of ketones is 3. The van der Waals surface area contributed by atoms with E-state index in [0.29, 0.717) is 6.42 Å². The lowest BCUT2D eigenvalue weighted by Crippen LogP contribution is -2.21. The summed E-state index contributed by atoms with van der Waals surface area (Å²) in [5.74, 6) is 1.75. The van der Waals surface area contributed by atoms with Gasteiger partial charge in [0.1, 0.15) is 18.7 Å². The summed E-state index contributed by atoms with van der Waals surface area (Å²) in [4.78, 5) is 62.6. The quantitative estimate of drug-likeness (QED) is 0.158. The first-order valence-corrected chi connectivity index (χ1v) is 8.91. The zero-order valence-corrected chi connectivity index (χ0v) is 19.2. The summed E-state index contributed by atoms with van der Waals surface area (Å²) in [6, 6.07) is 0. The molecule has 0 aliphatic heterocycles. The highest BCUT2D eigenvalue weighted by Crippen LogP contribution is 1.97. The van der Waals surface area contributed by atoms with Gasteiger partial charge in [-0.25, -0.2) is 15.5 Å². The largest absolute Gasteiger partial charge is 0.461 e. The minimum absolute atomic E-state index is 0. The van der Waals surface area contributed by atoms with E-state index in [2.05, 4.69) is 25.5 Å². The standard InChI is InChI=1S/C9H15NO4.C8H12O4.CH5NO.ClH/c1-4-7(11)6-8(10-13-3)9(12)14-5-2;1-3-6(9)5-7(10)8(11)12-4-2;1-3-2;/h4-6H2,1-3H3;3-5H2,1-2H3;2H2,1H3;1H/b10-8+;;;. The average molecular weight is 457 g/mol. The smallest absolute Gasteiger partial charge is 0.375 e. The fraction of sp³-hybridized carbons (Fsp3) is 0.667. The van der Waals surface area contributed by atoms with Crippen LogP contribution < -0.4 is 5.90 Å². The van der Waals surface area contributed by atoms with Crippen LogP contribution in [0.4, 0.5) is 0 Å². The van der Waals surface area contributed by atoms with Crippen LogP contribution in [0.5, 0.6) is 0 Å². The van der Waals surface area contributed by atoms with E-state index < -0.39 is 17.7 Å². The van der Waals surface area contributed by atoms with Crippen molar-refractivity contribution in [3.8, 4) is 0 Å². The molecule has 0 amide bonds. The molecule has 0 bridgehead atoms. The third-order valence-corrected chi connectivity index (χ3v) is 2.73. The van der Waals surface area contributed by atoms with Crippen LogP contribution in [0.3, 0.4) is 0 Å². The molecule has 0 unspecified atom stereocenters. The molecule has 30 heavy (non-hydrogen) atoms. The second kappa shape index (κ2) is 24.7. The summed E-state index contributed by atoms with van der Waals surface area (Å²) in [5.41, 5.74) is 0.0150. The maximum atomic E-state index is 11.2. The molecular formula is C18H33ClN2O9. The van der Waals surface area contributed by atoms with Crippen LogP contribution in [0.15, 0.2) is 5.16 Å². The van der Waals surface area contributed by atoms with E-state index >= 15 is 0 Å². The van der Waals surface area contributed by atoms with Gasteiger partial charge in [0, 0.05) is 12.8 Å². The Hall–Kier alpha value is -2.37. The van der Waals surface area contributed by atoms with E-state index in [1.54, 1.807) is 27.7 Å². The normalized spacial score (nSPS) is 9.37. The lowest BCUT2D eigenvalue weighted by Gasteiger charge is -2.03. The van der Waals surface area contributed by atoms with Gasteiger partial charge < -0.3 is 19.1 Å². The molecule has 0 aromatic rings. The zero-order chi connectivity index (χ0) is 23.2. The van der Waals surface area contributed by atoms with Crippen molar-refractivity contribution in [3.63, 3.8) is 0 Å². The number of hydrogen-bond donors (Lipinski definition) is 1. The number of halogens is 1. The number of hydrogen-bond acceptors (Lipinski definition) is 11. The molecule has 0 rings (SSSR count). The van der Waals surface area contributed by atoms with Crippen molar-refractivity contribution < 1.29 is 43.1 Å². The first-order chi connectivity index (χ1) is 13.7. The molecule has 0 radical (unpaired) electrons. The monoisotopic (exact) mass is 456 g/mol. The summed E-state index contributed by atoms with van der Waals surface area (Å²) >= 11 is 0. The summed E-state index contributed by atoms with van der Waals surface area (Å²) in [5, 5.41) is 3.45. The molecule has 176 valence electrons. The van der Waals surface area contributed by atoms with Crippen molar-refractivity contribution >= 4 is 47.4 Å². The van der Waals surface area contributed by atoms with Crippen LogP contribution in [0.2, 0.25) is 0 Å². The van der Waals surface area contributed by atoms with E-state index in [-0.39, 0.29) is 62.2 Å². The number of rotatable bonds is 11. The number of carbonyl (C=O) groups is 5. The first-order valence-electron chi connectivity index (χ1n) is 8.91. The van der Waals surface area contributed by atoms with Crippen molar-refractivity contribution in [2.75, 3.05) is 27.4 Å².